The summed E-state index contributed by atoms with van der Waals surface area (Å²) in [5.74, 6) is -1.77. The normalized spacial score (nSPS) is 38.7. The van der Waals surface area contributed by atoms with Gasteiger partial charge in [-0.3, -0.25) is 14.6 Å². The van der Waals surface area contributed by atoms with Gasteiger partial charge in [-0.05, 0) is 50.3 Å². The molecular weight excluding hydrogens is 510 g/mol. The van der Waals surface area contributed by atoms with Crippen LogP contribution in [0.25, 0.3) is 6.08 Å². The fourth-order valence-corrected chi connectivity index (χ4v) is 5.65. The molecule has 0 amide bonds. The molecule has 210 valence electrons. The quantitative estimate of drug-likeness (QED) is 0.426. The average molecular weight is 550 g/mol. The van der Waals surface area contributed by atoms with Crippen molar-refractivity contribution < 1.29 is 34.0 Å². The van der Waals surface area contributed by atoms with Crippen LogP contribution in [0.4, 0.5) is 0 Å². The summed E-state index contributed by atoms with van der Waals surface area (Å²) >= 11 is 6.64. The molecule has 0 aliphatic carbocycles. The number of fused-ring (bicyclic) bond motifs is 1. The molecule has 3 aliphatic heterocycles. The first-order valence-corrected chi connectivity index (χ1v) is 14.0. The SMILES string of the molecule is CC1CCCC2(C)OC2CC(C(Cl)=Cc2ccccn2)OC(=O)CC(O)C(C)(C)C(=O)C(CC2CO2)C1O. The number of carbonyl (C=O) groups excluding carboxylic acids is 2. The molecule has 2 N–H and O–H groups in total. The highest BCUT2D eigenvalue weighted by molar-refractivity contribution is 6.32. The molecule has 4 rings (SSSR count). The van der Waals surface area contributed by atoms with E-state index in [2.05, 4.69) is 4.98 Å². The molecule has 0 saturated carbocycles. The largest absolute Gasteiger partial charge is 0.456 e. The standard InChI is InChI=1S/C29H40ClNO7/c1-17-8-7-10-29(4)24(38-29)14-22(21(30)12-18-9-5-6-11-31-18)37-25(33)15-23(32)28(2,3)27(35)20(26(17)34)13-19-16-36-19/h5-6,9,11-12,17,19-20,22-24,26,32,34H,7-8,10,13-16H2,1-4H3. The average Bonchev–Trinajstić information content (AvgIpc) is 3.79. The summed E-state index contributed by atoms with van der Waals surface area (Å²) < 4.78 is 17.2. The van der Waals surface area contributed by atoms with Gasteiger partial charge >= 0.3 is 5.97 Å². The van der Waals surface area contributed by atoms with Crippen LogP contribution in [-0.4, -0.2) is 69.7 Å². The monoisotopic (exact) mass is 549 g/mol. The van der Waals surface area contributed by atoms with Crippen LogP contribution in [0.3, 0.4) is 0 Å². The maximum atomic E-state index is 13.7. The van der Waals surface area contributed by atoms with Crippen molar-refractivity contribution in [3.63, 3.8) is 0 Å². The highest BCUT2D eigenvalue weighted by Gasteiger charge is 2.53. The summed E-state index contributed by atoms with van der Waals surface area (Å²) in [7, 11) is 0. The van der Waals surface area contributed by atoms with Gasteiger partial charge in [-0.25, -0.2) is 0 Å². The number of Topliss-reactive ketones (excluding diaryl/α,β-unsaturated/α-hetero) is 1. The Kier molecular flexibility index (Phi) is 8.99. The number of halogens is 1. The third kappa shape index (κ3) is 7.02. The molecule has 0 radical (unpaired) electrons. The number of aliphatic hydroxyl groups is 2. The van der Waals surface area contributed by atoms with Crippen LogP contribution in [0.2, 0.25) is 0 Å². The molecule has 3 fully saturated rings. The molecule has 1 aromatic rings. The number of hydrogen-bond donors (Lipinski definition) is 2. The van der Waals surface area contributed by atoms with E-state index in [0.29, 0.717) is 30.2 Å². The molecule has 38 heavy (non-hydrogen) atoms. The maximum Gasteiger partial charge on any atom is 0.309 e. The van der Waals surface area contributed by atoms with Gasteiger partial charge in [0.1, 0.15) is 11.9 Å². The van der Waals surface area contributed by atoms with Crippen molar-refractivity contribution in [3.05, 3.63) is 35.1 Å². The number of ether oxygens (including phenoxy) is 3. The van der Waals surface area contributed by atoms with Crippen molar-refractivity contribution >= 4 is 29.4 Å². The molecule has 1 aromatic heterocycles. The molecular formula is C29H40ClNO7. The van der Waals surface area contributed by atoms with Gasteiger partial charge in [-0.1, -0.05) is 44.9 Å². The van der Waals surface area contributed by atoms with Crippen molar-refractivity contribution in [2.24, 2.45) is 17.3 Å². The lowest BCUT2D eigenvalue weighted by Gasteiger charge is -2.36. The van der Waals surface area contributed by atoms with E-state index in [4.69, 9.17) is 25.8 Å². The van der Waals surface area contributed by atoms with Gasteiger partial charge in [0.05, 0.1) is 59.2 Å². The maximum absolute atomic E-state index is 13.7. The zero-order valence-corrected chi connectivity index (χ0v) is 23.4. The van der Waals surface area contributed by atoms with E-state index in [1.165, 1.54) is 0 Å². The Morgan fingerprint density at radius 3 is 2.63 bits per heavy atom. The molecule has 0 aromatic carbocycles. The number of carbonyl (C=O) groups is 2. The molecule has 8 unspecified atom stereocenters. The second-order valence-corrected chi connectivity index (χ2v) is 12.3. The smallest absolute Gasteiger partial charge is 0.309 e. The molecule has 9 heteroatoms. The number of cyclic esters (lactones) is 1. The molecule has 0 bridgehead atoms. The van der Waals surface area contributed by atoms with Crippen molar-refractivity contribution in [2.45, 2.75) is 102 Å². The van der Waals surface area contributed by atoms with Crippen molar-refractivity contribution in [3.8, 4) is 0 Å². The van der Waals surface area contributed by atoms with Gasteiger partial charge < -0.3 is 24.4 Å². The van der Waals surface area contributed by atoms with Gasteiger partial charge in [0.25, 0.3) is 0 Å². The number of pyridine rings is 1. The Balaban J connectivity index is 1.58. The zero-order valence-electron chi connectivity index (χ0n) is 22.6. The van der Waals surface area contributed by atoms with E-state index in [-0.39, 0.29) is 35.9 Å². The number of epoxide rings is 2. The molecule has 8 nitrogen and oxygen atoms in total. The van der Waals surface area contributed by atoms with Crippen molar-refractivity contribution in [2.75, 3.05) is 6.61 Å². The summed E-state index contributed by atoms with van der Waals surface area (Å²) in [4.78, 5) is 31.0. The predicted molar refractivity (Wildman–Crippen MR) is 142 cm³/mol. The molecule has 4 heterocycles. The Hall–Kier alpha value is -1.84. The fourth-order valence-electron chi connectivity index (χ4n) is 5.41. The van der Waals surface area contributed by atoms with E-state index < -0.39 is 35.6 Å². The van der Waals surface area contributed by atoms with Gasteiger partial charge in [0.2, 0.25) is 0 Å². The fraction of sp³-hybridized carbons (Fsp3) is 0.690. The van der Waals surface area contributed by atoms with E-state index in [0.717, 1.165) is 19.3 Å². The predicted octanol–water partition coefficient (Wildman–Crippen LogP) is 4.05. The highest BCUT2D eigenvalue weighted by Crippen LogP contribution is 2.45. The van der Waals surface area contributed by atoms with E-state index in [9.17, 15) is 19.8 Å². The lowest BCUT2D eigenvalue weighted by molar-refractivity contribution is -0.154. The molecule has 0 spiro atoms. The lowest BCUT2D eigenvalue weighted by atomic mass is 9.71. The number of esters is 1. The van der Waals surface area contributed by atoms with Crippen LogP contribution in [0, 0.1) is 17.3 Å². The Morgan fingerprint density at radius 1 is 1.24 bits per heavy atom. The first-order chi connectivity index (χ1) is 17.9. The Morgan fingerprint density at radius 2 is 1.97 bits per heavy atom. The van der Waals surface area contributed by atoms with Crippen LogP contribution in [0.1, 0.15) is 71.9 Å². The van der Waals surface area contributed by atoms with Crippen molar-refractivity contribution in [1.82, 2.24) is 4.98 Å². The second kappa shape index (κ2) is 11.7. The van der Waals surface area contributed by atoms with E-state index in [1.807, 2.05) is 19.9 Å². The number of ketones is 1. The Bertz CT molecular complexity index is 1030. The number of hydrogen-bond acceptors (Lipinski definition) is 8. The number of aromatic nitrogens is 1. The van der Waals surface area contributed by atoms with Gasteiger partial charge in [0, 0.05) is 18.5 Å². The van der Waals surface area contributed by atoms with Gasteiger partial charge in [-0.15, -0.1) is 0 Å². The summed E-state index contributed by atoms with van der Waals surface area (Å²) in [5.41, 5.74) is -1.03. The molecule has 3 saturated heterocycles. The van der Waals surface area contributed by atoms with Gasteiger partial charge in [0.15, 0.2) is 0 Å². The zero-order chi connectivity index (χ0) is 27.7. The summed E-state index contributed by atoms with van der Waals surface area (Å²) in [5, 5.41) is 22.6. The lowest BCUT2D eigenvalue weighted by Crippen LogP contribution is -2.47. The van der Waals surface area contributed by atoms with Gasteiger partial charge in [-0.2, -0.15) is 0 Å². The van der Waals surface area contributed by atoms with E-state index in [1.54, 1.807) is 38.3 Å². The summed E-state index contributed by atoms with van der Waals surface area (Å²) in [6.45, 7) is 7.77. The molecule has 8 atom stereocenters. The highest BCUT2D eigenvalue weighted by atomic mass is 35.5. The Labute approximate surface area is 229 Å². The number of nitrogens with zero attached hydrogens (tertiary/aromatic N) is 1. The number of rotatable bonds is 4. The minimum Gasteiger partial charge on any atom is -0.456 e. The first kappa shape index (κ1) is 29.2. The summed E-state index contributed by atoms with van der Waals surface area (Å²) in [6.07, 6.45) is 2.81. The van der Waals surface area contributed by atoms with E-state index >= 15 is 0 Å². The van der Waals surface area contributed by atoms with Crippen LogP contribution in [-0.2, 0) is 23.8 Å². The van der Waals surface area contributed by atoms with Crippen LogP contribution < -0.4 is 0 Å². The number of aliphatic hydroxyl groups excluding tert-OH is 2. The van der Waals surface area contributed by atoms with Crippen LogP contribution in [0.5, 0.6) is 0 Å². The second-order valence-electron chi connectivity index (χ2n) is 11.9. The molecule has 3 aliphatic rings. The topological polar surface area (TPSA) is 122 Å². The first-order valence-electron chi connectivity index (χ1n) is 13.6. The minimum absolute atomic E-state index is 0.0670. The summed E-state index contributed by atoms with van der Waals surface area (Å²) in [6, 6.07) is 5.44. The van der Waals surface area contributed by atoms with Crippen LogP contribution >= 0.6 is 11.6 Å². The third-order valence-corrected chi connectivity index (χ3v) is 8.78. The third-order valence-electron chi connectivity index (χ3n) is 8.43. The minimum atomic E-state index is -1.30. The van der Waals surface area contributed by atoms with Crippen molar-refractivity contribution in [1.29, 1.82) is 0 Å². The van der Waals surface area contributed by atoms with Crippen LogP contribution in [0.15, 0.2) is 29.4 Å².